The van der Waals surface area contributed by atoms with Crippen molar-refractivity contribution in [3.8, 4) is 0 Å². The van der Waals surface area contributed by atoms with Gasteiger partial charge in [0.15, 0.2) is 0 Å². The molecule has 4 nitrogen and oxygen atoms in total. The number of hydrogen-bond donors (Lipinski definition) is 2. The summed E-state index contributed by atoms with van der Waals surface area (Å²) < 4.78 is 0. The van der Waals surface area contributed by atoms with Crippen molar-refractivity contribution in [2.24, 2.45) is 0 Å². The summed E-state index contributed by atoms with van der Waals surface area (Å²) >= 11 is 6.00. The van der Waals surface area contributed by atoms with Crippen molar-refractivity contribution in [3.05, 3.63) is 68.6 Å². The SMILES string of the molecule is O=C(O)c1c[nH]c(=O)c(Cc2ccccc2Cl)c1. The molecule has 1 aromatic heterocycles. The number of carboxylic acid groups (broad SMARTS) is 1. The number of aromatic amines is 1. The number of rotatable bonds is 3. The van der Waals surface area contributed by atoms with Gasteiger partial charge in [-0.25, -0.2) is 4.79 Å². The molecule has 0 saturated heterocycles. The molecule has 0 radical (unpaired) electrons. The molecule has 0 spiro atoms. The largest absolute Gasteiger partial charge is 0.478 e. The van der Waals surface area contributed by atoms with Gasteiger partial charge in [0.05, 0.1) is 5.56 Å². The van der Waals surface area contributed by atoms with Crippen molar-refractivity contribution < 1.29 is 9.90 Å². The lowest BCUT2D eigenvalue weighted by Crippen LogP contribution is -2.15. The minimum Gasteiger partial charge on any atom is -0.478 e. The van der Waals surface area contributed by atoms with Crippen LogP contribution in [-0.2, 0) is 6.42 Å². The van der Waals surface area contributed by atoms with E-state index in [1.807, 2.05) is 6.07 Å². The summed E-state index contributed by atoms with van der Waals surface area (Å²) in [6, 6.07) is 8.51. The fraction of sp³-hybridized carbons (Fsp3) is 0.0769. The molecule has 0 saturated carbocycles. The second-order valence-electron chi connectivity index (χ2n) is 3.82. The highest BCUT2D eigenvalue weighted by molar-refractivity contribution is 6.31. The Morgan fingerprint density at radius 3 is 2.67 bits per heavy atom. The first-order valence-corrected chi connectivity index (χ1v) is 5.64. The topological polar surface area (TPSA) is 70.2 Å². The van der Waals surface area contributed by atoms with Gasteiger partial charge in [0.1, 0.15) is 0 Å². The molecule has 92 valence electrons. The van der Waals surface area contributed by atoms with E-state index in [9.17, 15) is 9.59 Å². The van der Waals surface area contributed by atoms with E-state index in [2.05, 4.69) is 4.98 Å². The van der Waals surface area contributed by atoms with Crippen LogP contribution < -0.4 is 5.56 Å². The van der Waals surface area contributed by atoms with Gasteiger partial charge in [0.2, 0.25) is 0 Å². The summed E-state index contributed by atoms with van der Waals surface area (Å²) in [4.78, 5) is 24.9. The van der Waals surface area contributed by atoms with Crippen LogP contribution in [0, 0.1) is 0 Å². The molecule has 2 N–H and O–H groups in total. The lowest BCUT2D eigenvalue weighted by atomic mass is 10.1. The van der Waals surface area contributed by atoms with E-state index in [1.165, 1.54) is 12.3 Å². The van der Waals surface area contributed by atoms with Crippen molar-refractivity contribution in [2.45, 2.75) is 6.42 Å². The number of aromatic carboxylic acids is 1. The molecule has 2 aromatic rings. The minimum absolute atomic E-state index is 0.0525. The Morgan fingerprint density at radius 1 is 1.28 bits per heavy atom. The van der Waals surface area contributed by atoms with Gasteiger partial charge in [0, 0.05) is 23.2 Å². The molecule has 0 atom stereocenters. The molecule has 0 aliphatic heterocycles. The number of carboxylic acids is 1. The van der Waals surface area contributed by atoms with Crippen molar-refractivity contribution in [1.29, 1.82) is 0 Å². The molecule has 5 heteroatoms. The number of hydrogen-bond acceptors (Lipinski definition) is 2. The predicted octanol–water partition coefficient (Wildman–Crippen LogP) is 2.32. The average molecular weight is 264 g/mol. The number of nitrogens with one attached hydrogen (secondary N) is 1. The maximum atomic E-state index is 11.6. The summed E-state index contributed by atoms with van der Waals surface area (Å²) in [7, 11) is 0. The van der Waals surface area contributed by atoms with Gasteiger partial charge < -0.3 is 10.1 Å². The van der Waals surface area contributed by atoms with E-state index in [1.54, 1.807) is 18.2 Å². The van der Waals surface area contributed by atoms with Crippen LogP contribution in [0.5, 0.6) is 0 Å². The Bertz CT molecular complexity index is 649. The van der Waals surface area contributed by atoms with Crippen LogP contribution in [0.15, 0.2) is 41.3 Å². The first-order chi connectivity index (χ1) is 8.58. The lowest BCUT2D eigenvalue weighted by molar-refractivity contribution is 0.0696. The summed E-state index contributed by atoms with van der Waals surface area (Å²) in [5.74, 6) is -1.08. The van der Waals surface area contributed by atoms with Crippen LogP contribution in [0.3, 0.4) is 0 Å². The number of benzene rings is 1. The van der Waals surface area contributed by atoms with Crippen LogP contribution in [0.25, 0.3) is 0 Å². The van der Waals surface area contributed by atoms with Gasteiger partial charge in [-0.1, -0.05) is 29.8 Å². The zero-order valence-corrected chi connectivity index (χ0v) is 10.1. The molecule has 18 heavy (non-hydrogen) atoms. The zero-order chi connectivity index (χ0) is 13.1. The highest BCUT2D eigenvalue weighted by Crippen LogP contribution is 2.17. The van der Waals surface area contributed by atoms with Gasteiger partial charge in [0.25, 0.3) is 5.56 Å². The lowest BCUT2D eigenvalue weighted by Gasteiger charge is -2.04. The van der Waals surface area contributed by atoms with Gasteiger partial charge in [-0.3, -0.25) is 4.79 Å². The van der Waals surface area contributed by atoms with Gasteiger partial charge >= 0.3 is 5.97 Å². The van der Waals surface area contributed by atoms with Crippen LogP contribution in [0.4, 0.5) is 0 Å². The van der Waals surface area contributed by atoms with E-state index in [0.717, 1.165) is 5.56 Å². The van der Waals surface area contributed by atoms with E-state index in [4.69, 9.17) is 16.7 Å². The van der Waals surface area contributed by atoms with Gasteiger partial charge in [-0.2, -0.15) is 0 Å². The smallest absolute Gasteiger partial charge is 0.337 e. The van der Waals surface area contributed by atoms with E-state index >= 15 is 0 Å². The summed E-state index contributed by atoms with van der Waals surface area (Å²) in [5.41, 5.74) is 0.909. The summed E-state index contributed by atoms with van der Waals surface area (Å²) in [6.45, 7) is 0. The van der Waals surface area contributed by atoms with Crippen molar-refractivity contribution >= 4 is 17.6 Å². The van der Waals surface area contributed by atoms with Crippen molar-refractivity contribution in [2.75, 3.05) is 0 Å². The van der Waals surface area contributed by atoms with Gasteiger partial charge in [-0.15, -0.1) is 0 Å². The standard InChI is InChI=1S/C13H10ClNO3/c14-11-4-2-1-3-8(11)5-9-6-10(13(17)18)7-15-12(9)16/h1-4,6-7H,5H2,(H,15,16)(H,17,18). The highest BCUT2D eigenvalue weighted by Gasteiger charge is 2.09. The number of halogens is 1. The molecule has 0 aliphatic rings. The molecule has 2 rings (SSSR count). The summed E-state index contributed by atoms with van der Waals surface area (Å²) in [5, 5.41) is 9.43. The Hall–Kier alpha value is -2.07. The average Bonchev–Trinajstić information content (AvgIpc) is 2.34. The molecular weight excluding hydrogens is 254 g/mol. The number of aromatic nitrogens is 1. The Kier molecular flexibility index (Phi) is 3.48. The zero-order valence-electron chi connectivity index (χ0n) is 9.31. The quantitative estimate of drug-likeness (QED) is 0.893. The Labute approximate surface area is 108 Å². The first kappa shape index (κ1) is 12.4. The van der Waals surface area contributed by atoms with Crippen molar-refractivity contribution in [1.82, 2.24) is 4.98 Å². The number of pyridine rings is 1. The molecule has 0 bridgehead atoms. The predicted molar refractivity (Wildman–Crippen MR) is 68.3 cm³/mol. The molecule has 1 aromatic carbocycles. The molecule has 0 amide bonds. The van der Waals surface area contributed by atoms with E-state index in [0.29, 0.717) is 17.0 Å². The number of H-pyrrole nitrogens is 1. The van der Waals surface area contributed by atoms with Crippen LogP contribution in [0.1, 0.15) is 21.5 Å². The van der Waals surface area contributed by atoms with Crippen LogP contribution in [0.2, 0.25) is 5.02 Å². The maximum absolute atomic E-state index is 11.6. The Balaban J connectivity index is 2.40. The fourth-order valence-corrected chi connectivity index (χ4v) is 1.84. The molecular formula is C13H10ClNO3. The monoisotopic (exact) mass is 263 g/mol. The van der Waals surface area contributed by atoms with Crippen LogP contribution in [-0.4, -0.2) is 16.1 Å². The third-order valence-corrected chi connectivity index (χ3v) is 2.93. The summed E-state index contributed by atoms with van der Waals surface area (Å²) in [6.07, 6.45) is 1.48. The second kappa shape index (κ2) is 5.06. The van der Waals surface area contributed by atoms with Crippen molar-refractivity contribution in [3.63, 3.8) is 0 Å². The van der Waals surface area contributed by atoms with E-state index < -0.39 is 5.97 Å². The first-order valence-electron chi connectivity index (χ1n) is 5.26. The minimum atomic E-state index is -1.08. The third kappa shape index (κ3) is 2.60. The van der Waals surface area contributed by atoms with E-state index in [-0.39, 0.29) is 11.1 Å². The third-order valence-electron chi connectivity index (χ3n) is 2.57. The fourth-order valence-electron chi connectivity index (χ4n) is 1.63. The molecule has 0 fully saturated rings. The van der Waals surface area contributed by atoms with Gasteiger partial charge in [-0.05, 0) is 17.7 Å². The Morgan fingerprint density at radius 2 is 2.00 bits per heavy atom. The molecule has 1 heterocycles. The highest BCUT2D eigenvalue weighted by atomic mass is 35.5. The second-order valence-corrected chi connectivity index (χ2v) is 4.22. The normalized spacial score (nSPS) is 10.3. The molecule has 0 unspecified atom stereocenters. The maximum Gasteiger partial charge on any atom is 0.337 e. The number of carbonyl (C=O) groups is 1. The molecule has 0 aliphatic carbocycles. The van der Waals surface area contributed by atoms with Crippen LogP contribution >= 0.6 is 11.6 Å².